The van der Waals surface area contributed by atoms with Gasteiger partial charge in [-0.25, -0.2) is 0 Å². The third-order valence-corrected chi connectivity index (χ3v) is 3.47. The van der Waals surface area contributed by atoms with Crippen LogP contribution in [0.25, 0.3) is 0 Å². The summed E-state index contributed by atoms with van der Waals surface area (Å²) in [6, 6.07) is 0. The van der Waals surface area contributed by atoms with E-state index in [1.807, 2.05) is 0 Å². The number of rotatable bonds is 3. The van der Waals surface area contributed by atoms with Crippen LogP contribution in [0.4, 0.5) is 0 Å². The first-order valence-electron chi connectivity index (χ1n) is 5.13. The van der Waals surface area contributed by atoms with E-state index < -0.39 is 0 Å². The fourth-order valence-electron chi connectivity index (χ4n) is 2.56. The van der Waals surface area contributed by atoms with E-state index in [2.05, 4.69) is 19.6 Å². The zero-order valence-corrected chi connectivity index (χ0v) is 9.12. The maximum Gasteiger partial charge on any atom is 0.0990 e. The number of hydrogen-bond acceptors (Lipinski definition) is 2. The summed E-state index contributed by atoms with van der Waals surface area (Å²) in [7, 11) is 3.53. The highest BCUT2D eigenvalue weighted by molar-refractivity contribution is 5.25. The van der Waals surface area contributed by atoms with Gasteiger partial charge in [-0.05, 0) is 25.3 Å². The van der Waals surface area contributed by atoms with E-state index in [1.54, 1.807) is 14.2 Å². The molecule has 78 valence electrons. The van der Waals surface area contributed by atoms with Crippen LogP contribution in [0.5, 0.6) is 0 Å². The maximum atomic E-state index is 5.40. The van der Waals surface area contributed by atoms with E-state index in [4.69, 9.17) is 9.47 Å². The van der Waals surface area contributed by atoms with E-state index in [-0.39, 0.29) is 0 Å². The molecule has 0 heterocycles. The summed E-state index contributed by atoms with van der Waals surface area (Å²) in [5.41, 5.74) is 1.19. The number of hydrogen-bond donors (Lipinski definition) is 0. The summed E-state index contributed by atoms with van der Waals surface area (Å²) in [5, 5.41) is 0. The third kappa shape index (κ3) is 1.38. The standard InChI is InChI=1S/C12H18O2/c1-7(2)8-5-9-10(12(9)14-4)6-11(8)13-3/h6,8-10,12H,1,5H2,2-4H3/t8-,9+,10-,12+/m1/s1. The van der Waals surface area contributed by atoms with Crippen molar-refractivity contribution < 1.29 is 9.47 Å². The van der Waals surface area contributed by atoms with Crippen LogP contribution in [-0.2, 0) is 9.47 Å². The lowest BCUT2D eigenvalue weighted by Gasteiger charge is -2.22. The van der Waals surface area contributed by atoms with E-state index in [0.717, 1.165) is 12.2 Å². The summed E-state index contributed by atoms with van der Waals surface area (Å²) >= 11 is 0. The van der Waals surface area contributed by atoms with Gasteiger partial charge in [0.1, 0.15) is 0 Å². The minimum atomic E-state index is 0.404. The third-order valence-electron chi connectivity index (χ3n) is 3.47. The van der Waals surface area contributed by atoms with Gasteiger partial charge in [0.25, 0.3) is 0 Å². The van der Waals surface area contributed by atoms with Crippen LogP contribution < -0.4 is 0 Å². The van der Waals surface area contributed by atoms with Crippen LogP contribution in [0.15, 0.2) is 24.0 Å². The van der Waals surface area contributed by atoms with Gasteiger partial charge in [-0.1, -0.05) is 12.2 Å². The zero-order chi connectivity index (χ0) is 10.3. The molecule has 0 N–H and O–H groups in total. The Morgan fingerprint density at radius 3 is 2.71 bits per heavy atom. The van der Waals surface area contributed by atoms with Crippen LogP contribution in [0.1, 0.15) is 13.3 Å². The highest BCUT2D eigenvalue weighted by Gasteiger charge is 2.53. The Morgan fingerprint density at radius 2 is 2.21 bits per heavy atom. The summed E-state index contributed by atoms with van der Waals surface area (Å²) in [6.07, 6.45) is 3.78. The fraction of sp³-hybridized carbons (Fsp3) is 0.667. The Morgan fingerprint density at radius 1 is 1.50 bits per heavy atom. The van der Waals surface area contributed by atoms with Gasteiger partial charge in [0.15, 0.2) is 0 Å². The lowest BCUT2D eigenvalue weighted by molar-refractivity contribution is 0.162. The number of methoxy groups -OCH3 is 2. The second-order valence-electron chi connectivity index (χ2n) is 4.35. The molecule has 2 aliphatic carbocycles. The highest BCUT2D eigenvalue weighted by atomic mass is 16.5. The molecular formula is C12H18O2. The van der Waals surface area contributed by atoms with Crippen molar-refractivity contribution in [3.8, 4) is 0 Å². The molecule has 0 aromatic carbocycles. The van der Waals surface area contributed by atoms with Crippen LogP contribution in [0, 0.1) is 17.8 Å². The van der Waals surface area contributed by atoms with Gasteiger partial charge in [-0.3, -0.25) is 0 Å². The highest BCUT2D eigenvalue weighted by Crippen LogP contribution is 2.53. The number of fused-ring (bicyclic) bond motifs is 1. The molecule has 2 rings (SSSR count). The first-order valence-corrected chi connectivity index (χ1v) is 5.13. The molecule has 0 aliphatic heterocycles. The SMILES string of the molecule is C=C(C)[C@H]1C[C@H]2[C@@H](C=C1OC)[C@H]2OC. The quantitative estimate of drug-likeness (QED) is 0.642. The van der Waals surface area contributed by atoms with Crippen molar-refractivity contribution in [1.82, 2.24) is 0 Å². The molecule has 0 bridgehead atoms. The molecule has 0 aromatic heterocycles. The van der Waals surface area contributed by atoms with Crippen molar-refractivity contribution in [3.63, 3.8) is 0 Å². The van der Waals surface area contributed by atoms with Crippen LogP contribution in [-0.4, -0.2) is 20.3 Å². The van der Waals surface area contributed by atoms with Crippen LogP contribution in [0.2, 0.25) is 0 Å². The molecule has 0 saturated heterocycles. The van der Waals surface area contributed by atoms with Crippen molar-refractivity contribution in [2.75, 3.05) is 14.2 Å². The van der Waals surface area contributed by atoms with Gasteiger partial charge >= 0.3 is 0 Å². The van der Waals surface area contributed by atoms with E-state index in [1.165, 1.54) is 5.57 Å². The van der Waals surface area contributed by atoms with Crippen molar-refractivity contribution in [3.05, 3.63) is 24.0 Å². The van der Waals surface area contributed by atoms with E-state index in [0.29, 0.717) is 23.9 Å². The van der Waals surface area contributed by atoms with Crippen molar-refractivity contribution in [1.29, 1.82) is 0 Å². The fourth-order valence-corrected chi connectivity index (χ4v) is 2.56. The second kappa shape index (κ2) is 3.43. The van der Waals surface area contributed by atoms with E-state index in [9.17, 15) is 0 Å². The lowest BCUT2D eigenvalue weighted by atomic mass is 9.88. The van der Waals surface area contributed by atoms with E-state index >= 15 is 0 Å². The molecule has 0 spiro atoms. The number of allylic oxidation sites excluding steroid dienone is 1. The van der Waals surface area contributed by atoms with Crippen molar-refractivity contribution >= 4 is 0 Å². The summed E-state index contributed by atoms with van der Waals surface area (Å²) in [4.78, 5) is 0. The molecule has 0 amide bonds. The zero-order valence-electron chi connectivity index (χ0n) is 9.12. The second-order valence-corrected chi connectivity index (χ2v) is 4.35. The van der Waals surface area contributed by atoms with Gasteiger partial charge in [0, 0.05) is 18.9 Å². The Balaban J connectivity index is 2.14. The van der Waals surface area contributed by atoms with Crippen LogP contribution >= 0.6 is 0 Å². The molecule has 0 radical (unpaired) electrons. The average molecular weight is 194 g/mol. The Labute approximate surface area is 85.6 Å². The average Bonchev–Trinajstić information content (AvgIpc) is 2.87. The predicted octanol–water partition coefficient (Wildman–Crippen LogP) is 2.37. The van der Waals surface area contributed by atoms with Crippen molar-refractivity contribution in [2.24, 2.45) is 17.8 Å². The monoisotopic (exact) mass is 194 g/mol. The molecule has 4 atom stereocenters. The summed E-state index contributed by atoms with van der Waals surface area (Å²) in [6.45, 7) is 6.09. The molecule has 2 nitrogen and oxygen atoms in total. The van der Waals surface area contributed by atoms with Gasteiger partial charge < -0.3 is 9.47 Å². The summed E-state index contributed by atoms with van der Waals surface area (Å²) < 4.78 is 10.8. The smallest absolute Gasteiger partial charge is 0.0990 e. The molecule has 1 saturated carbocycles. The van der Waals surface area contributed by atoms with Gasteiger partial charge in [0.2, 0.25) is 0 Å². The largest absolute Gasteiger partial charge is 0.501 e. The number of ether oxygens (including phenoxy) is 2. The Bertz CT molecular complexity index is 280. The first-order chi connectivity index (χ1) is 6.69. The Hall–Kier alpha value is -0.760. The molecule has 0 unspecified atom stereocenters. The maximum absolute atomic E-state index is 5.40. The van der Waals surface area contributed by atoms with Gasteiger partial charge in [0.05, 0.1) is 19.0 Å². The molecule has 0 aromatic rings. The van der Waals surface area contributed by atoms with Crippen molar-refractivity contribution in [2.45, 2.75) is 19.4 Å². The van der Waals surface area contributed by atoms with Crippen LogP contribution in [0.3, 0.4) is 0 Å². The first kappa shape index (κ1) is 9.78. The van der Waals surface area contributed by atoms with Gasteiger partial charge in [-0.2, -0.15) is 0 Å². The molecule has 14 heavy (non-hydrogen) atoms. The van der Waals surface area contributed by atoms with Gasteiger partial charge in [-0.15, -0.1) is 0 Å². The minimum absolute atomic E-state index is 0.404. The normalized spacial score (nSPS) is 39.8. The topological polar surface area (TPSA) is 18.5 Å². The molecular weight excluding hydrogens is 176 g/mol. The Kier molecular flexibility index (Phi) is 2.40. The molecule has 2 aliphatic rings. The lowest BCUT2D eigenvalue weighted by Crippen LogP contribution is -2.12. The predicted molar refractivity (Wildman–Crippen MR) is 55.8 cm³/mol. The minimum Gasteiger partial charge on any atom is -0.501 e. The molecule has 2 heteroatoms. The summed E-state index contributed by atoms with van der Waals surface area (Å²) in [5.74, 6) is 2.77. The molecule has 1 fully saturated rings.